The molecule has 0 bridgehead atoms. The van der Waals surface area contributed by atoms with Gasteiger partial charge in [-0.2, -0.15) is 0 Å². The Morgan fingerprint density at radius 3 is 3.05 bits per heavy atom. The monoisotopic (exact) mass is 331 g/mol. The van der Waals surface area contributed by atoms with Crippen LogP contribution in [0.2, 0.25) is 0 Å². The van der Waals surface area contributed by atoms with Crippen molar-refractivity contribution in [1.29, 1.82) is 0 Å². The van der Waals surface area contributed by atoms with Crippen molar-refractivity contribution in [2.45, 2.75) is 23.7 Å². The third kappa shape index (κ3) is 3.58. The van der Waals surface area contributed by atoms with Crippen molar-refractivity contribution in [1.82, 2.24) is 4.90 Å². The summed E-state index contributed by atoms with van der Waals surface area (Å²) in [5.74, 6) is 0.178. The Bertz CT molecular complexity index is 484. The predicted octanol–water partition coefficient (Wildman–Crippen LogP) is -0.788. The molecule has 1 fully saturated rings. The molecular weight excluding hydrogens is 314 g/mol. The number of rotatable bonds is 3. The lowest BCUT2D eigenvalue weighted by Gasteiger charge is -2.27. The van der Waals surface area contributed by atoms with E-state index in [-0.39, 0.29) is 24.4 Å². The first-order valence-corrected chi connectivity index (χ1v) is 8.07. The van der Waals surface area contributed by atoms with Gasteiger partial charge in [-0.15, -0.1) is 11.7 Å². The molecule has 8 nitrogen and oxygen atoms in total. The van der Waals surface area contributed by atoms with Gasteiger partial charge in [0, 0.05) is 0 Å². The fourth-order valence-electron chi connectivity index (χ4n) is 1.95. The van der Waals surface area contributed by atoms with Crippen molar-refractivity contribution < 1.29 is 14.9 Å². The molecule has 0 aromatic carbocycles. The standard InChI is InChI=1S/C11H17N5O3S2/c1-6-10(12)14-3-13-4-16(5-15-6)11-9(21-20)8(18)7(2-17)19-11/h3,5,7-9,11,17-18,20H,1-2,4H2,(H2,12,13,14)/b15-5-/t7-,8?,9?,11-/m1/s1. The highest BCUT2D eigenvalue weighted by molar-refractivity contribution is 8.68. The minimum Gasteiger partial charge on any atom is -0.394 e. The van der Waals surface area contributed by atoms with Gasteiger partial charge in [-0.1, -0.05) is 17.4 Å². The van der Waals surface area contributed by atoms with E-state index in [1.165, 1.54) is 12.7 Å². The number of nitrogens with two attached hydrogens (primary N) is 1. The molecule has 10 heteroatoms. The van der Waals surface area contributed by atoms with Gasteiger partial charge in [0.1, 0.15) is 25.3 Å². The number of thiol groups is 1. The molecule has 2 heterocycles. The van der Waals surface area contributed by atoms with E-state index in [4.69, 9.17) is 10.5 Å². The Morgan fingerprint density at radius 2 is 2.38 bits per heavy atom. The average molecular weight is 331 g/mol. The molecule has 2 aliphatic rings. The van der Waals surface area contributed by atoms with Gasteiger partial charge in [-0.25, -0.2) is 9.98 Å². The molecule has 0 spiro atoms. The summed E-state index contributed by atoms with van der Waals surface area (Å²) < 4.78 is 5.66. The van der Waals surface area contributed by atoms with E-state index < -0.39 is 18.4 Å². The number of aliphatic hydroxyl groups excluding tert-OH is 2. The van der Waals surface area contributed by atoms with E-state index in [1.54, 1.807) is 4.90 Å². The Morgan fingerprint density at radius 1 is 1.62 bits per heavy atom. The first kappa shape index (κ1) is 16.3. The van der Waals surface area contributed by atoms with Crippen LogP contribution in [0.5, 0.6) is 0 Å². The Labute approximate surface area is 131 Å². The van der Waals surface area contributed by atoms with Crippen molar-refractivity contribution in [2.75, 3.05) is 13.3 Å². The van der Waals surface area contributed by atoms with Crippen molar-refractivity contribution >= 4 is 41.0 Å². The molecule has 116 valence electrons. The second-order valence-electron chi connectivity index (χ2n) is 4.47. The number of hydrogen-bond donors (Lipinski definition) is 4. The van der Waals surface area contributed by atoms with Gasteiger partial charge in [0.15, 0.2) is 5.84 Å². The summed E-state index contributed by atoms with van der Waals surface area (Å²) in [6, 6.07) is 0. The topological polar surface area (TPSA) is 116 Å². The highest BCUT2D eigenvalue weighted by Gasteiger charge is 2.45. The number of amidine groups is 1. The Balaban J connectivity index is 2.20. The maximum absolute atomic E-state index is 10.1. The normalized spacial score (nSPS) is 39.1. The lowest BCUT2D eigenvalue weighted by atomic mass is 10.2. The molecule has 4 N–H and O–H groups in total. The molecule has 2 unspecified atom stereocenters. The van der Waals surface area contributed by atoms with Gasteiger partial charge in [0.25, 0.3) is 0 Å². The van der Waals surface area contributed by atoms with Crippen LogP contribution in [0, 0.1) is 0 Å². The minimum absolute atomic E-state index is 0.178. The second kappa shape index (κ2) is 7.27. The molecule has 2 aliphatic heterocycles. The van der Waals surface area contributed by atoms with E-state index in [2.05, 4.69) is 33.2 Å². The van der Waals surface area contributed by atoms with Crippen molar-refractivity contribution in [3.63, 3.8) is 0 Å². The van der Waals surface area contributed by atoms with E-state index in [0.717, 1.165) is 10.8 Å². The van der Waals surface area contributed by atoms with Crippen molar-refractivity contribution in [3.8, 4) is 0 Å². The molecule has 2 rings (SSSR count). The van der Waals surface area contributed by atoms with Crippen LogP contribution in [-0.4, -0.2) is 70.6 Å². The van der Waals surface area contributed by atoms with Crippen LogP contribution in [-0.2, 0) is 4.74 Å². The van der Waals surface area contributed by atoms with Gasteiger partial charge in [0.05, 0.1) is 30.0 Å². The minimum atomic E-state index is -0.836. The number of nitrogens with zero attached hydrogens (tertiary/aromatic N) is 4. The quantitative estimate of drug-likeness (QED) is 0.398. The van der Waals surface area contributed by atoms with Gasteiger partial charge >= 0.3 is 0 Å². The fraction of sp³-hybridized carbons (Fsp3) is 0.545. The largest absolute Gasteiger partial charge is 0.394 e. The van der Waals surface area contributed by atoms with Crippen LogP contribution < -0.4 is 5.73 Å². The lowest BCUT2D eigenvalue weighted by molar-refractivity contribution is -0.0557. The number of aliphatic hydroxyl groups is 2. The summed E-state index contributed by atoms with van der Waals surface area (Å²) in [6.45, 7) is 3.63. The molecule has 21 heavy (non-hydrogen) atoms. The van der Waals surface area contributed by atoms with E-state index in [9.17, 15) is 10.2 Å². The number of hydrogen-bond acceptors (Lipinski definition) is 10. The number of aliphatic imine (C=N–C) groups is 3. The van der Waals surface area contributed by atoms with E-state index in [1.807, 2.05) is 0 Å². The second-order valence-corrected chi connectivity index (χ2v) is 5.86. The lowest BCUT2D eigenvalue weighted by Crippen LogP contribution is -2.41. The zero-order chi connectivity index (χ0) is 15.4. The molecule has 0 amide bonds. The fourth-order valence-corrected chi connectivity index (χ4v) is 3.26. The zero-order valence-electron chi connectivity index (χ0n) is 11.1. The van der Waals surface area contributed by atoms with Crippen LogP contribution in [0.3, 0.4) is 0 Å². The molecule has 1 saturated heterocycles. The number of ether oxygens (including phenoxy) is 1. The van der Waals surface area contributed by atoms with E-state index >= 15 is 0 Å². The van der Waals surface area contributed by atoms with Crippen LogP contribution in [0.15, 0.2) is 27.3 Å². The predicted molar refractivity (Wildman–Crippen MR) is 86.6 cm³/mol. The third-order valence-electron chi connectivity index (χ3n) is 3.12. The maximum Gasteiger partial charge on any atom is 0.150 e. The SMILES string of the molecule is C=C1/N=C\N([C@@H]2O[C@H](CO)C(O)C2SS)C/N=C\N=C/1N. The Hall–Kier alpha value is -1.07. The van der Waals surface area contributed by atoms with Crippen LogP contribution in [0.1, 0.15) is 0 Å². The van der Waals surface area contributed by atoms with E-state index in [0.29, 0.717) is 5.70 Å². The zero-order valence-corrected chi connectivity index (χ0v) is 12.8. The third-order valence-corrected chi connectivity index (χ3v) is 4.61. The molecule has 0 aromatic heterocycles. The summed E-state index contributed by atoms with van der Waals surface area (Å²) in [4.78, 5) is 13.7. The van der Waals surface area contributed by atoms with Crippen molar-refractivity contribution in [3.05, 3.63) is 12.3 Å². The van der Waals surface area contributed by atoms with Crippen LogP contribution >= 0.6 is 22.5 Å². The highest BCUT2D eigenvalue weighted by atomic mass is 33.1. The summed E-state index contributed by atoms with van der Waals surface area (Å²) in [7, 11) is 1.16. The Kier molecular flexibility index (Phi) is 5.65. The maximum atomic E-state index is 10.1. The summed E-state index contributed by atoms with van der Waals surface area (Å²) >= 11 is 4.16. The van der Waals surface area contributed by atoms with Gasteiger partial charge in [-0.05, 0) is 0 Å². The summed E-state index contributed by atoms with van der Waals surface area (Å²) in [5, 5.41) is 19.0. The van der Waals surface area contributed by atoms with Crippen LogP contribution in [0.4, 0.5) is 0 Å². The summed E-state index contributed by atoms with van der Waals surface area (Å²) in [6.07, 6.45) is 0.764. The molecule has 4 atom stereocenters. The molecule has 0 aliphatic carbocycles. The molecule has 0 radical (unpaired) electrons. The highest BCUT2D eigenvalue weighted by Crippen LogP contribution is 2.34. The first-order chi connectivity index (χ1) is 10.1. The smallest absolute Gasteiger partial charge is 0.150 e. The van der Waals surface area contributed by atoms with Crippen LogP contribution in [0.25, 0.3) is 0 Å². The van der Waals surface area contributed by atoms with Gasteiger partial charge in [0.2, 0.25) is 0 Å². The van der Waals surface area contributed by atoms with Crippen molar-refractivity contribution in [2.24, 2.45) is 20.7 Å². The average Bonchev–Trinajstić information content (AvgIpc) is 2.83. The molecule has 0 aromatic rings. The molecular formula is C11H17N5O3S2. The van der Waals surface area contributed by atoms with Gasteiger partial charge < -0.3 is 25.6 Å². The summed E-state index contributed by atoms with van der Waals surface area (Å²) in [5.41, 5.74) is 5.95. The molecule has 0 saturated carbocycles. The first-order valence-electron chi connectivity index (χ1n) is 6.14. The van der Waals surface area contributed by atoms with Gasteiger partial charge in [-0.3, -0.25) is 4.99 Å².